The van der Waals surface area contributed by atoms with Crippen LogP contribution in [0.5, 0.6) is 0 Å². The Labute approximate surface area is 144 Å². The van der Waals surface area contributed by atoms with Gasteiger partial charge in [0.05, 0.1) is 10.7 Å². The summed E-state index contributed by atoms with van der Waals surface area (Å²) in [7, 11) is -3.71. The maximum absolute atomic E-state index is 12.6. The maximum atomic E-state index is 12.6. The molecule has 8 heteroatoms. The standard InChI is InChI=1S/C14H11Br2N3O2S/c1-9-4-5-10(15)12(7-9)22(20,21)18-13-8-17-14-11(16)3-2-6-19(13)14/h2-8,18H,1H3. The molecule has 0 atom stereocenters. The van der Waals surface area contributed by atoms with Gasteiger partial charge in [0, 0.05) is 10.7 Å². The number of benzene rings is 1. The number of aryl methyl sites for hydroxylation is 1. The van der Waals surface area contributed by atoms with Crippen LogP contribution < -0.4 is 4.72 Å². The summed E-state index contributed by atoms with van der Waals surface area (Å²) in [6.45, 7) is 1.84. The third-order valence-corrected chi connectivity index (χ3v) is 6.07. The van der Waals surface area contributed by atoms with Crippen LogP contribution in [0.3, 0.4) is 0 Å². The highest BCUT2D eigenvalue weighted by atomic mass is 79.9. The Kier molecular flexibility index (Phi) is 4.00. The molecule has 1 N–H and O–H groups in total. The van der Waals surface area contributed by atoms with E-state index in [1.54, 1.807) is 28.8 Å². The average molecular weight is 445 g/mol. The largest absolute Gasteiger partial charge is 0.285 e. The van der Waals surface area contributed by atoms with Crippen molar-refractivity contribution in [2.75, 3.05) is 4.72 Å². The van der Waals surface area contributed by atoms with Crippen LogP contribution in [0, 0.1) is 6.92 Å². The highest BCUT2D eigenvalue weighted by Gasteiger charge is 2.20. The molecule has 1 aromatic carbocycles. The van der Waals surface area contributed by atoms with Crippen LogP contribution in [0.1, 0.15) is 5.56 Å². The normalized spacial score (nSPS) is 11.8. The molecule has 0 aliphatic carbocycles. The van der Waals surface area contributed by atoms with Crippen molar-refractivity contribution in [2.24, 2.45) is 0 Å². The predicted octanol–water partition coefficient (Wildman–Crippen LogP) is 3.97. The van der Waals surface area contributed by atoms with E-state index in [4.69, 9.17) is 0 Å². The summed E-state index contributed by atoms with van der Waals surface area (Å²) in [5, 5.41) is 0. The van der Waals surface area contributed by atoms with E-state index in [0.717, 1.165) is 10.0 Å². The molecule has 0 saturated heterocycles. The molecule has 114 valence electrons. The van der Waals surface area contributed by atoms with Gasteiger partial charge in [-0.3, -0.25) is 9.12 Å². The van der Waals surface area contributed by atoms with Crippen LogP contribution in [-0.4, -0.2) is 17.8 Å². The first-order chi connectivity index (χ1) is 10.4. The number of rotatable bonds is 3. The van der Waals surface area contributed by atoms with Crippen LogP contribution in [0.15, 0.2) is 56.6 Å². The van der Waals surface area contributed by atoms with Crippen molar-refractivity contribution in [1.82, 2.24) is 9.38 Å². The van der Waals surface area contributed by atoms with Gasteiger partial charge in [0.1, 0.15) is 10.7 Å². The summed E-state index contributed by atoms with van der Waals surface area (Å²) in [5.74, 6) is 0.379. The number of hydrogen-bond acceptors (Lipinski definition) is 3. The Bertz CT molecular complexity index is 967. The van der Waals surface area contributed by atoms with E-state index in [1.165, 1.54) is 6.20 Å². The predicted molar refractivity (Wildman–Crippen MR) is 92.6 cm³/mol. The fourth-order valence-electron chi connectivity index (χ4n) is 2.06. The second-order valence-electron chi connectivity index (χ2n) is 4.73. The lowest BCUT2D eigenvalue weighted by atomic mass is 10.2. The zero-order valence-electron chi connectivity index (χ0n) is 11.4. The first-order valence-corrected chi connectivity index (χ1v) is 9.36. The lowest BCUT2D eigenvalue weighted by molar-refractivity contribution is 0.600. The van der Waals surface area contributed by atoms with Crippen molar-refractivity contribution >= 4 is 53.3 Å². The third kappa shape index (κ3) is 2.78. The number of hydrogen-bond donors (Lipinski definition) is 1. The molecule has 3 rings (SSSR count). The summed E-state index contributed by atoms with van der Waals surface area (Å²) in [4.78, 5) is 4.41. The fourth-order valence-corrected chi connectivity index (χ4v) is 4.60. The minimum Gasteiger partial charge on any atom is -0.285 e. The molecule has 0 saturated carbocycles. The van der Waals surface area contributed by atoms with Gasteiger partial charge in [0.15, 0.2) is 5.65 Å². The molecule has 0 amide bonds. The maximum Gasteiger partial charge on any atom is 0.264 e. The second kappa shape index (κ2) is 5.68. The number of imidazole rings is 1. The number of nitrogens with zero attached hydrogens (tertiary/aromatic N) is 2. The molecular formula is C14H11Br2N3O2S. The number of halogens is 2. The Hall–Kier alpha value is -1.38. The summed E-state index contributed by atoms with van der Waals surface area (Å²) in [6, 6.07) is 8.83. The molecule has 0 fully saturated rings. The quantitative estimate of drug-likeness (QED) is 0.664. The molecule has 0 spiro atoms. The van der Waals surface area contributed by atoms with E-state index in [0.29, 0.717) is 15.9 Å². The van der Waals surface area contributed by atoms with Crippen LogP contribution in [0.2, 0.25) is 0 Å². The lowest BCUT2D eigenvalue weighted by Gasteiger charge is -2.10. The van der Waals surface area contributed by atoms with E-state index < -0.39 is 10.0 Å². The molecule has 0 unspecified atom stereocenters. The smallest absolute Gasteiger partial charge is 0.264 e. The fraction of sp³-hybridized carbons (Fsp3) is 0.0714. The van der Waals surface area contributed by atoms with Gasteiger partial charge < -0.3 is 0 Å². The minimum atomic E-state index is -3.71. The zero-order valence-corrected chi connectivity index (χ0v) is 15.4. The van der Waals surface area contributed by atoms with Gasteiger partial charge in [-0.05, 0) is 68.6 Å². The van der Waals surface area contributed by atoms with Gasteiger partial charge in [-0.1, -0.05) is 6.07 Å². The first kappa shape index (κ1) is 15.5. The molecule has 0 aliphatic heterocycles. The summed E-state index contributed by atoms with van der Waals surface area (Å²) in [5.41, 5.74) is 1.51. The van der Waals surface area contributed by atoms with Gasteiger partial charge >= 0.3 is 0 Å². The Morgan fingerprint density at radius 2 is 1.95 bits per heavy atom. The summed E-state index contributed by atoms with van der Waals surface area (Å²) >= 11 is 6.67. The highest BCUT2D eigenvalue weighted by molar-refractivity contribution is 9.11. The molecule has 0 bridgehead atoms. The number of fused-ring (bicyclic) bond motifs is 1. The molecule has 5 nitrogen and oxygen atoms in total. The number of sulfonamides is 1. The van der Waals surface area contributed by atoms with Crippen molar-refractivity contribution in [3.63, 3.8) is 0 Å². The molecule has 0 aliphatic rings. The minimum absolute atomic E-state index is 0.192. The van der Waals surface area contributed by atoms with Gasteiger partial charge in [-0.2, -0.15) is 0 Å². The number of nitrogens with one attached hydrogen (secondary N) is 1. The zero-order chi connectivity index (χ0) is 15.9. The van der Waals surface area contributed by atoms with Crippen molar-refractivity contribution in [1.29, 1.82) is 0 Å². The van der Waals surface area contributed by atoms with Gasteiger partial charge in [0.25, 0.3) is 10.0 Å². The van der Waals surface area contributed by atoms with E-state index in [2.05, 4.69) is 41.6 Å². The summed E-state index contributed by atoms with van der Waals surface area (Å²) < 4.78 is 30.8. The van der Waals surface area contributed by atoms with Crippen LogP contribution >= 0.6 is 31.9 Å². The topological polar surface area (TPSA) is 63.5 Å². The van der Waals surface area contributed by atoms with Crippen molar-refractivity contribution in [3.05, 3.63) is 57.2 Å². The van der Waals surface area contributed by atoms with E-state index in [9.17, 15) is 8.42 Å². The first-order valence-electron chi connectivity index (χ1n) is 6.29. The molecule has 3 aromatic rings. The van der Waals surface area contributed by atoms with Crippen LogP contribution in [0.4, 0.5) is 5.82 Å². The molecule has 2 heterocycles. The Morgan fingerprint density at radius 1 is 1.18 bits per heavy atom. The third-order valence-electron chi connectivity index (χ3n) is 3.10. The Balaban J connectivity index is 2.07. The molecule has 0 radical (unpaired) electrons. The van der Waals surface area contributed by atoms with Crippen LogP contribution in [-0.2, 0) is 10.0 Å². The van der Waals surface area contributed by atoms with E-state index >= 15 is 0 Å². The number of aromatic nitrogens is 2. The highest BCUT2D eigenvalue weighted by Crippen LogP contribution is 2.26. The van der Waals surface area contributed by atoms with Crippen LogP contribution in [0.25, 0.3) is 5.65 Å². The monoisotopic (exact) mass is 443 g/mol. The van der Waals surface area contributed by atoms with Crippen molar-refractivity contribution in [3.8, 4) is 0 Å². The van der Waals surface area contributed by atoms with E-state index in [1.807, 2.05) is 19.1 Å². The van der Waals surface area contributed by atoms with E-state index in [-0.39, 0.29) is 4.90 Å². The lowest BCUT2D eigenvalue weighted by Crippen LogP contribution is -2.15. The SMILES string of the molecule is Cc1ccc(Br)c(S(=O)(=O)Nc2cnc3c(Br)cccn23)c1. The second-order valence-corrected chi connectivity index (χ2v) is 8.09. The van der Waals surface area contributed by atoms with Gasteiger partial charge in [0.2, 0.25) is 0 Å². The molecule has 2 aromatic heterocycles. The molecular weight excluding hydrogens is 434 g/mol. The van der Waals surface area contributed by atoms with Crippen molar-refractivity contribution in [2.45, 2.75) is 11.8 Å². The number of pyridine rings is 1. The van der Waals surface area contributed by atoms with Crippen molar-refractivity contribution < 1.29 is 8.42 Å². The number of anilines is 1. The van der Waals surface area contributed by atoms with Gasteiger partial charge in [-0.25, -0.2) is 13.4 Å². The average Bonchev–Trinajstić information content (AvgIpc) is 2.85. The molecule has 22 heavy (non-hydrogen) atoms. The van der Waals surface area contributed by atoms with Gasteiger partial charge in [-0.15, -0.1) is 0 Å². The summed E-state index contributed by atoms with van der Waals surface area (Å²) in [6.07, 6.45) is 3.23. The Morgan fingerprint density at radius 3 is 2.73 bits per heavy atom.